The Morgan fingerprint density at radius 2 is 1.74 bits per heavy atom. The van der Waals surface area contributed by atoms with Gasteiger partial charge >= 0.3 is 0 Å². The van der Waals surface area contributed by atoms with Gasteiger partial charge in [0.15, 0.2) is 0 Å². The van der Waals surface area contributed by atoms with Gasteiger partial charge < -0.3 is 14.4 Å². The van der Waals surface area contributed by atoms with Crippen molar-refractivity contribution in [3.05, 3.63) is 59.7 Å². The number of thiol groups is 1. The molecule has 0 spiro atoms. The van der Waals surface area contributed by atoms with Gasteiger partial charge in [0, 0.05) is 7.05 Å². The van der Waals surface area contributed by atoms with Gasteiger partial charge in [-0.15, -0.1) is 0 Å². The molecular formula is C16H19N2O3PS. The molecule has 2 aromatic rings. The van der Waals surface area contributed by atoms with Crippen molar-refractivity contribution in [1.82, 2.24) is 4.78 Å². The number of ether oxygens (including phenoxy) is 1. The predicted molar refractivity (Wildman–Crippen MR) is 97.2 cm³/mol. The Kier molecular flexibility index (Phi) is 6.71. The molecule has 1 N–H and O–H groups in total. The Hall–Kier alpha value is -1.75. The Balaban J connectivity index is 1.92. The Morgan fingerprint density at radius 1 is 1.13 bits per heavy atom. The first-order valence-electron chi connectivity index (χ1n) is 6.91. The lowest BCUT2D eigenvalue weighted by Gasteiger charge is -2.20. The Labute approximate surface area is 142 Å². The van der Waals surface area contributed by atoms with Gasteiger partial charge in [-0.05, 0) is 47.5 Å². The van der Waals surface area contributed by atoms with Crippen molar-refractivity contribution in [3.63, 3.8) is 0 Å². The largest absolute Gasteiger partial charge is 0.497 e. The van der Waals surface area contributed by atoms with Gasteiger partial charge in [-0.1, -0.05) is 24.4 Å². The average molecular weight is 350 g/mol. The summed E-state index contributed by atoms with van der Waals surface area (Å²) < 4.78 is 12.5. The van der Waals surface area contributed by atoms with Crippen molar-refractivity contribution >= 4 is 26.0 Å². The van der Waals surface area contributed by atoms with Crippen LogP contribution in [0.25, 0.3) is 0 Å². The SMILES string of the molecule is COc1ccc(/C=N\N(C)P(S)Oc2ccc(CO)cc2)cc1. The van der Waals surface area contributed by atoms with Crippen LogP contribution < -0.4 is 9.26 Å². The fourth-order valence-corrected chi connectivity index (χ4v) is 2.68. The van der Waals surface area contributed by atoms with Crippen molar-refractivity contribution in [2.75, 3.05) is 14.2 Å². The van der Waals surface area contributed by atoms with Gasteiger partial charge in [0.05, 0.1) is 19.9 Å². The molecule has 0 bridgehead atoms. The maximum absolute atomic E-state index is 9.02. The molecule has 23 heavy (non-hydrogen) atoms. The quantitative estimate of drug-likeness (QED) is 0.346. The van der Waals surface area contributed by atoms with Gasteiger partial charge in [-0.3, -0.25) is 0 Å². The number of hydrogen-bond acceptors (Lipinski definition) is 6. The number of aliphatic hydroxyl groups excluding tert-OH is 1. The van der Waals surface area contributed by atoms with Crippen molar-refractivity contribution in [1.29, 1.82) is 0 Å². The summed E-state index contributed by atoms with van der Waals surface area (Å²) in [6.07, 6.45) is 1.74. The van der Waals surface area contributed by atoms with Crippen molar-refractivity contribution in [2.45, 2.75) is 6.61 Å². The van der Waals surface area contributed by atoms with Crippen molar-refractivity contribution in [2.24, 2.45) is 5.10 Å². The van der Waals surface area contributed by atoms with E-state index in [4.69, 9.17) is 14.4 Å². The Bertz CT molecular complexity index is 635. The molecule has 5 nitrogen and oxygen atoms in total. The van der Waals surface area contributed by atoms with Crippen LogP contribution in [0.2, 0.25) is 0 Å². The van der Waals surface area contributed by atoms with Crippen molar-refractivity contribution < 1.29 is 14.4 Å². The summed E-state index contributed by atoms with van der Waals surface area (Å²) in [4.78, 5) is 0. The minimum Gasteiger partial charge on any atom is -0.497 e. The average Bonchev–Trinajstić information content (AvgIpc) is 2.60. The fourth-order valence-electron chi connectivity index (χ4n) is 1.69. The highest BCUT2D eigenvalue weighted by atomic mass is 32.7. The monoisotopic (exact) mass is 350 g/mol. The van der Waals surface area contributed by atoms with E-state index in [2.05, 4.69) is 17.4 Å². The highest BCUT2D eigenvalue weighted by molar-refractivity contribution is 8.42. The molecule has 0 fully saturated rings. The molecular weight excluding hydrogens is 331 g/mol. The normalized spacial score (nSPS) is 12.2. The summed E-state index contributed by atoms with van der Waals surface area (Å²) in [6, 6.07) is 14.8. The molecule has 2 rings (SSSR count). The second-order valence-electron chi connectivity index (χ2n) is 4.65. The standard InChI is InChI=1S/C16H19N2O3PS/c1-18(17-11-13-3-7-15(20-2)8-4-13)22(23)21-16-9-5-14(12-19)6-10-16/h3-11,19,23H,12H2,1-2H3/b17-11-. The number of hydrogen-bond donors (Lipinski definition) is 2. The fraction of sp³-hybridized carbons (Fsp3) is 0.188. The van der Waals surface area contributed by atoms with Gasteiger partial charge in [-0.25, -0.2) is 4.78 Å². The molecule has 0 saturated carbocycles. The number of methoxy groups -OCH3 is 1. The summed E-state index contributed by atoms with van der Waals surface area (Å²) in [7, 11) is 2.25. The lowest BCUT2D eigenvalue weighted by Crippen LogP contribution is -2.05. The van der Waals surface area contributed by atoms with Crippen LogP contribution in [0.3, 0.4) is 0 Å². The first-order chi connectivity index (χ1) is 11.1. The topological polar surface area (TPSA) is 54.3 Å². The van der Waals surface area contributed by atoms with Crippen LogP contribution in [0.5, 0.6) is 11.5 Å². The predicted octanol–water partition coefficient (Wildman–Crippen LogP) is 3.69. The third kappa shape index (κ3) is 5.43. The van der Waals surface area contributed by atoms with E-state index in [1.807, 2.05) is 36.4 Å². The van der Waals surface area contributed by atoms with E-state index < -0.39 is 7.50 Å². The van der Waals surface area contributed by atoms with Crippen LogP contribution in [0.15, 0.2) is 53.6 Å². The number of benzene rings is 2. The van der Waals surface area contributed by atoms with Crippen LogP contribution >= 0.6 is 19.7 Å². The van der Waals surface area contributed by atoms with E-state index in [-0.39, 0.29) is 6.61 Å². The summed E-state index contributed by atoms with van der Waals surface area (Å²) in [5, 5.41) is 13.4. The van der Waals surface area contributed by atoms with Gasteiger partial charge in [0.2, 0.25) is 0 Å². The zero-order valence-corrected chi connectivity index (χ0v) is 14.7. The molecule has 0 aliphatic heterocycles. The number of aliphatic hydroxyl groups is 1. The highest BCUT2D eigenvalue weighted by Gasteiger charge is 2.11. The molecule has 2 aromatic carbocycles. The lowest BCUT2D eigenvalue weighted by molar-refractivity contribution is 0.282. The van der Waals surface area contributed by atoms with E-state index in [1.165, 1.54) is 0 Å². The van der Waals surface area contributed by atoms with Crippen LogP contribution in [0.4, 0.5) is 0 Å². The molecule has 0 heterocycles. The maximum atomic E-state index is 9.02. The van der Waals surface area contributed by atoms with Crippen LogP contribution in [0, 0.1) is 0 Å². The Morgan fingerprint density at radius 3 is 2.30 bits per heavy atom. The first-order valence-corrected chi connectivity index (χ1v) is 9.27. The van der Waals surface area contributed by atoms with Crippen LogP contribution in [0.1, 0.15) is 11.1 Å². The highest BCUT2D eigenvalue weighted by Crippen LogP contribution is 2.45. The second-order valence-corrected chi connectivity index (χ2v) is 6.95. The minimum absolute atomic E-state index is 0.0158. The third-order valence-corrected chi connectivity index (χ3v) is 5.02. The molecule has 7 heteroatoms. The number of nitrogens with zero attached hydrogens (tertiary/aromatic N) is 2. The summed E-state index contributed by atoms with van der Waals surface area (Å²) >= 11 is 4.45. The van der Waals surface area contributed by atoms with Gasteiger partial charge in [0.25, 0.3) is 7.50 Å². The smallest absolute Gasteiger partial charge is 0.271 e. The van der Waals surface area contributed by atoms with E-state index in [0.717, 1.165) is 16.9 Å². The summed E-state index contributed by atoms with van der Waals surface area (Å²) in [5.74, 6) is 1.50. The zero-order chi connectivity index (χ0) is 16.7. The molecule has 122 valence electrons. The summed E-state index contributed by atoms with van der Waals surface area (Å²) in [5.41, 5.74) is 1.80. The maximum Gasteiger partial charge on any atom is 0.271 e. The van der Waals surface area contributed by atoms with E-state index in [0.29, 0.717) is 5.75 Å². The minimum atomic E-state index is -1.19. The van der Waals surface area contributed by atoms with Crippen LogP contribution in [-0.2, 0) is 6.61 Å². The zero-order valence-electron chi connectivity index (χ0n) is 13.0. The van der Waals surface area contributed by atoms with Gasteiger partial charge in [-0.2, -0.15) is 5.10 Å². The lowest BCUT2D eigenvalue weighted by atomic mass is 10.2. The molecule has 0 amide bonds. The molecule has 0 saturated heterocycles. The molecule has 0 aliphatic rings. The first kappa shape index (κ1) is 17.6. The van der Waals surface area contributed by atoms with E-state index in [1.54, 1.807) is 37.3 Å². The van der Waals surface area contributed by atoms with Crippen LogP contribution in [-0.4, -0.2) is 30.3 Å². The van der Waals surface area contributed by atoms with Gasteiger partial charge in [0.1, 0.15) is 11.5 Å². The number of rotatable bonds is 7. The number of hydrazone groups is 1. The molecule has 0 aliphatic carbocycles. The summed E-state index contributed by atoms with van der Waals surface area (Å²) in [6.45, 7) is 0.0158. The third-order valence-electron chi connectivity index (χ3n) is 3.03. The molecule has 1 atom stereocenters. The van der Waals surface area contributed by atoms with E-state index in [9.17, 15) is 0 Å². The van der Waals surface area contributed by atoms with E-state index >= 15 is 0 Å². The second kappa shape index (κ2) is 8.77. The molecule has 0 aromatic heterocycles. The molecule has 0 radical (unpaired) electrons. The molecule has 1 unspecified atom stereocenters. The van der Waals surface area contributed by atoms with Crippen molar-refractivity contribution in [3.8, 4) is 11.5 Å².